The molecular weight excluding hydrogens is 531 g/mol. The maximum absolute atomic E-state index is 13.7. The number of ether oxygens (including phenoxy) is 2. The number of para-hydroxylation sites is 1. The number of hydrogen-bond donors (Lipinski definition) is 1. The van der Waals surface area contributed by atoms with Crippen LogP contribution >= 0.6 is 0 Å². The molecule has 41 heavy (non-hydrogen) atoms. The number of fused-ring (bicyclic) bond motifs is 2. The Morgan fingerprint density at radius 2 is 1.76 bits per heavy atom. The van der Waals surface area contributed by atoms with E-state index in [1.165, 1.54) is 12.1 Å². The summed E-state index contributed by atoms with van der Waals surface area (Å²) in [6.45, 7) is 5.58. The van der Waals surface area contributed by atoms with Crippen LogP contribution in [0, 0.1) is 0 Å². The number of aromatic amines is 1. The number of halogens is 3. The van der Waals surface area contributed by atoms with Gasteiger partial charge in [-0.05, 0) is 46.9 Å². The number of carbonyl (C=O) groups excluding carboxylic acids is 1. The van der Waals surface area contributed by atoms with Gasteiger partial charge in [0.1, 0.15) is 0 Å². The first kappa shape index (κ1) is 27.2. The Balaban J connectivity index is 1.20. The number of rotatable bonds is 7. The highest BCUT2D eigenvalue weighted by Gasteiger charge is 2.33. The monoisotopic (exact) mass is 563 g/mol. The zero-order valence-corrected chi connectivity index (χ0v) is 22.8. The lowest BCUT2D eigenvalue weighted by atomic mass is 9.86. The van der Waals surface area contributed by atoms with Gasteiger partial charge in [0.2, 0.25) is 12.7 Å². The average Bonchev–Trinajstić information content (AvgIpc) is 3.63. The van der Waals surface area contributed by atoms with Crippen molar-refractivity contribution in [1.82, 2.24) is 14.8 Å². The standard InChI is InChI=1S/C32H32F3N3O3/c1-2-22-5-4-8-25-27(18-36-31(22)25)26(23-6-3-7-24(16-23)32(33,34)35)17-30(39)38-13-11-37(12-14-38)19-21-9-10-28-29(15-21)41-20-40-28/h3-10,15-16,18,26,36H,2,11-14,17,19-20H2,1H3/t26-/m0/s1. The summed E-state index contributed by atoms with van der Waals surface area (Å²) >= 11 is 0. The van der Waals surface area contributed by atoms with Gasteiger partial charge in [-0.25, -0.2) is 0 Å². The molecule has 1 N–H and O–H groups in total. The molecule has 2 aliphatic heterocycles. The Morgan fingerprint density at radius 3 is 2.54 bits per heavy atom. The van der Waals surface area contributed by atoms with Crippen molar-refractivity contribution in [2.45, 2.75) is 38.4 Å². The van der Waals surface area contributed by atoms with Gasteiger partial charge in [-0.2, -0.15) is 13.2 Å². The Kier molecular flexibility index (Phi) is 7.38. The summed E-state index contributed by atoms with van der Waals surface area (Å²) in [5, 5.41) is 0.938. The molecular formula is C32H32F3N3O3. The minimum absolute atomic E-state index is 0.0591. The number of carbonyl (C=O) groups is 1. The van der Waals surface area contributed by atoms with Crippen LogP contribution in [-0.4, -0.2) is 53.7 Å². The fourth-order valence-electron chi connectivity index (χ4n) is 5.92. The second-order valence-corrected chi connectivity index (χ2v) is 10.7. The molecule has 0 spiro atoms. The van der Waals surface area contributed by atoms with E-state index in [0.717, 1.165) is 58.1 Å². The molecule has 6 rings (SSSR count). The lowest BCUT2D eigenvalue weighted by molar-refractivity contribution is -0.137. The van der Waals surface area contributed by atoms with Gasteiger partial charge in [-0.15, -0.1) is 0 Å². The molecule has 3 heterocycles. The molecule has 1 aromatic heterocycles. The van der Waals surface area contributed by atoms with Crippen molar-refractivity contribution < 1.29 is 27.4 Å². The summed E-state index contributed by atoms with van der Waals surface area (Å²) in [4.78, 5) is 21.1. The van der Waals surface area contributed by atoms with Crippen molar-refractivity contribution in [3.8, 4) is 11.5 Å². The molecule has 4 aromatic rings. The summed E-state index contributed by atoms with van der Waals surface area (Å²) in [7, 11) is 0. The molecule has 1 amide bonds. The van der Waals surface area contributed by atoms with Gasteiger partial charge in [-0.1, -0.05) is 49.4 Å². The number of amides is 1. The predicted octanol–water partition coefficient (Wildman–Crippen LogP) is 6.34. The van der Waals surface area contributed by atoms with Crippen LogP contribution in [0.4, 0.5) is 13.2 Å². The fourth-order valence-corrected chi connectivity index (χ4v) is 5.92. The molecule has 214 valence electrons. The third-order valence-electron chi connectivity index (χ3n) is 8.15. The van der Waals surface area contributed by atoms with Crippen LogP contribution in [0.3, 0.4) is 0 Å². The van der Waals surface area contributed by atoms with E-state index >= 15 is 0 Å². The van der Waals surface area contributed by atoms with Crippen molar-refractivity contribution in [2.75, 3.05) is 33.0 Å². The van der Waals surface area contributed by atoms with E-state index in [1.54, 1.807) is 6.07 Å². The van der Waals surface area contributed by atoms with Gasteiger partial charge in [-0.3, -0.25) is 9.69 Å². The van der Waals surface area contributed by atoms with Gasteiger partial charge < -0.3 is 19.4 Å². The van der Waals surface area contributed by atoms with Crippen molar-refractivity contribution in [3.05, 3.63) is 94.7 Å². The summed E-state index contributed by atoms with van der Waals surface area (Å²) < 4.78 is 51.8. The number of alkyl halides is 3. The van der Waals surface area contributed by atoms with Crippen LogP contribution in [0.2, 0.25) is 0 Å². The predicted molar refractivity (Wildman–Crippen MR) is 150 cm³/mol. The van der Waals surface area contributed by atoms with Crippen LogP contribution in [0.25, 0.3) is 10.9 Å². The molecule has 0 saturated carbocycles. The molecule has 0 aliphatic carbocycles. The first-order chi connectivity index (χ1) is 19.8. The number of aryl methyl sites for hydroxylation is 1. The maximum Gasteiger partial charge on any atom is 0.416 e. The Bertz CT molecular complexity index is 1560. The highest BCUT2D eigenvalue weighted by Crippen LogP contribution is 2.38. The van der Waals surface area contributed by atoms with E-state index < -0.39 is 17.7 Å². The number of benzene rings is 3. The molecule has 0 bridgehead atoms. The third-order valence-corrected chi connectivity index (χ3v) is 8.15. The van der Waals surface area contributed by atoms with E-state index in [1.807, 2.05) is 47.5 Å². The molecule has 1 atom stereocenters. The number of H-pyrrole nitrogens is 1. The van der Waals surface area contributed by atoms with E-state index in [0.29, 0.717) is 31.7 Å². The Morgan fingerprint density at radius 1 is 0.976 bits per heavy atom. The average molecular weight is 564 g/mol. The minimum atomic E-state index is -4.46. The highest BCUT2D eigenvalue weighted by molar-refractivity contribution is 5.88. The normalized spacial score (nSPS) is 16.3. The van der Waals surface area contributed by atoms with Gasteiger partial charge in [0.25, 0.3) is 0 Å². The largest absolute Gasteiger partial charge is 0.454 e. The lowest BCUT2D eigenvalue weighted by Gasteiger charge is -2.35. The highest BCUT2D eigenvalue weighted by atomic mass is 19.4. The topological polar surface area (TPSA) is 57.8 Å². The molecule has 1 saturated heterocycles. The zero-order chi connectivity index (χ0) is 28.6. The van der Waals surface area contributed by atoms with Gasteiger partial charge >= 0.3 is 6.18 Å². The molecule has 0 radical (unpaired) electrons. The van der Waals surface area contributed by atoms with Crippen LogP contribution in [0.1, 0.15) is 47.1 Å². The molecule has 3 aromatic carbocycles. The first-order valence-electron chi connectivity index (χ1n) is 13.9. The fraction of sp³-hybridized carbons (Fsp3) is 0.344. The second-order valence-electron chi connectivity index (χ2n) is 10.7. The Hall–Kier alpha value is -3.98. The third kappa shape index (κ3) is 5.63. The smallest absolute Gasteiger partial charge is 0.416 e. The van der Waals surface area contributed by atoms with E-state index in [9.17, 15) is 18.0 Å². The zero-order valence-electron chi connectivity index (χ0n) is 22.8. The second kappa shape index (κ2) is 11.1. The lowest BCUT2D eigenvalue weighted by Crippen LogP contribution is -2.48. The first-order valence-corrected chi connectivity index (χ1v) is 13.9. The van der Waals surface area contributed by atoms with Crippen LogP contribution in [0.15, 0.2) is 66.9 Å². The number of piperazine rings is 1. The molecule has 9 heteroatoms. The number of aromatic nitrogens is 1. The quantitative estimate of drug-likeness (QED) is 0.285. The van der Waals surface area contributed by atoms with Crippen molar-refractivity contribution in [1.29, 1.82) is 0 Å². The number of nitrogens with one attached hydrogen (secondary N) is 1. The number of nitrogens with zero attached hydrogens (tertiary/aromatic N) is 2. The molecule has 6 nitrogen and oxygen atoms in total. The SMILES string of the molecule is CCc1cccc2c([C@@H](CC(=O)N3CCN(Cc4ccc5c(c4)OCO5)CC3)c3cccc(C(F)(F)F)c3)c[nH]c12. The van der Waals surface area contributed by atoms with Crippen LogP contribution < -0.4 is 9.47 Å². The minimum Gasteiger partial charge on any atom is -0.454 e. The summed E-state index contributed by atoms with van der Waals surface area (Å²) in [6, 6.07) is 17.3. The van der Waals surface area contributed by atoms with Gasteiger partial charge in [0.15, 0.2) is 11.5 Å². The van der Waals surface area contributed by atoms with E-state index in [-0.39, 0.29) is 19.1 Å². The Labute approximate surface area is 236 Å². The molecule has 2 aliphatic rings. The van der Waals surface area contributed by atoms with Crippen LogP contribution in [-0.2, 0) is 23.9 Å². The van der Waals surface area contributed by atoms with Gasteiger partial charge in [0.05, 0.1) is 5.56 Å². The van der Waals surface area contributed by atoms with Crippen LogP contribution in [0.5, 0.6) is 11.5 Å². The van der Waals surface area contributed by atoms with Crippen molar-refractivity contribution in [3.63, 3.8) is 0 Å². The summed E-state index contributed by atoms with van der Waals surface area (Å²) in [6.07, 6.45) is -1.70. The van der Waals surface area contributed by atoms with Crippen molar-refractivity contribution >= 4 is 16.8 Å². The number of hydrogen-bond acceptors (Lipinski definition) is 4. The van der Waals surface area contributed by atoms with Gasteiger partial charge in [0, 0.05) is 62.2 Å². The maximum atomic E-state index is 13.7. The summed E-state index contributed by atoms with van der Waals surface area (Å²) in [5.41, 5.74) is 3.82. The van der Waals surface area contributed by atoms with E-state index in [2.05, 4.69) is 16.8 Å². The molecule has 0 unspecified atom stereocenters. The molecule has 1 fully saturated rings. The summed E-state index contributed by atoms with van der Waals surface area (Å²) in [5.74, 6) is 0.925. The van der Waals surface area contributed by atoms with E-state index in [4.69, 9.17) is 9.47 Å². The van der Waals surface area contributed by atoms with Crippen molar-refractivity contribution in [2.24, 2.45) is 0 Å².